The van der Waals surface area contributed by atoms with Crippen LogP contribution < -0.4 is 5.32 Å². The number of β-amino-alcohol motifs (C(OH)–C–C–N with tert-alkyl or cyclic N) is 1. The van der Waals surface area contributed by atoms with Crippen molar-refractivity contribution in [1.29, 1.82) is 0 Å². The first-order chi connectivity index (χ1) is 14.2. The first kappa shape index (κ1) is 22.6. The fourth-order valence-electron chi connectivity index (χ4n) is 3.38. The van der Waals surface area contributed by atoms with Crippen LogP contribution >= 0.6 is 11.6 Å². The third-order valence-corrected chi connectivity index (χ3v) is 5.33. The zero-order chi connectivity index (χ0) is 21.7. The SMILES string of the molecule is O=C(CN1CCN(C[C@H](O)c2ccccc2)CC1)Nc1ccc(Cl)c(C(F)(F)F)c1. The summed E-state index contributed by atoms with van der Waals surface area (Å²) in [6, 6.07) is 12.7. The zero-order valence-corrected chi connectivity index (χ0v) is 17.0. The number of rotatable bonds is 6. The lowest BCUT2D eigenvalue weighted by molar-refractivity contribution is -0.137. The van der Waals surface area contributed by atoms with E-state index in [1.807, 2.05) is 35.2 Å². The molecule has 0 aliphatic carbocycles. The predicted molar refractivity (Wildman–Crippen MR) is 109 cm³/mol. The van der Waals surface area contributed by atoms with Gasteiger partial charge in [0.25, 0.3) is 0 Å². The van der Waals surface area contributed by atoms with Crippen LogP contribution in [0.3, 0.4) is 0 Å². The van der Waals surface area contributed by atoms with Crippen molar-refractivity contribution >= 4 is 23.2 Å². The van der Waals surface area contributed by atoms with Gasteiger partial charge in [0.2, 0.25) is 5.91 Å². The van der Waals surface area contributed by atoms with Crippen LogP contribution in [-0.2, 0) is 11.0 Å². The molecule has 0 spiro atoms. The van der Waals surface area contributed by atoms with Crippen molar-refractivity contribution in [3.05, 3.63) is 64.7 Å². The summed E-state index contributed by atoms with van der Waals surface area (Å²) < 4.78 is 38.8. The van der Waals surface area contributed by atoms with Gasteiger partial charge < -0.3 is 10.4 Å². The molecule has 0 aromatic heterocycles. The summed E-state index contributed by atoms with van der Waals surface area (Å²) in [7, 11) is 0. The van der Waals surface area contributed by atoms with Crippen molar-refractivity contribution < 1.29 is 23.1 Å². The molecular formula is C21H23ClF3N3O2. The van der Waals surface area contributed by atoms with E-state index in [2.05, 4.69) is 10.2 Å². The molecule has 2 aromatic carbocycles. The van der Waals surface area contributed by atoms with E-state index in [1.165, 1.54) is 6.07 Å². The molecule has 0 saturated carbocycles. The van der Waals surface area contributed by atoms with Gasteiger partial charge in [0.1, 0.15) is 0 Å². The van der Waals surface area contributed by atoms with Gasteiger partial charge in [-0.1, -0.05) is 41.9 Å². The van der Waals surface area contributed by atoms with E-state index in [1.54, 1.807) is 0 Å². The number of anilines is 1. The van der Waals surface area contributed by atoms with Crippen molar-refractivity contribution in [3.8, 4) is 0 Å². The molecule has 162 valence electrons. The summed E-state index contributed by atoms with van der Waals surface area (Å²) in [5.74, 6) is -0.386. The number of halogens is 4. The van der Waals surface area contributed by atoms with Crippen molar-refractivity contribution in [2.75, 3.05) is 44.6 Å². The quantitative estimate of drug-likeness (QED) is 0.718. The molecule has 0 radical (unpaired) electrons. The number of alkyl halides is 3. The second kappa shape index (κ2) is 9.78. The molecule has 1 aliphatic heterocycles. The van der Waals surface area contributed by atoms with Gasteiger partial charge in [-0.25, -0.2) is 0 Å². The molecule has 30 heavy (non-hydrogen) atoms. The van der Waals surface area contributed by atoms with E-state index in [9.17, 15) is 23.1 Å². The Hall–Kier alpha value is -2.13. The van der Waals surface area contributed by atoms with Gasteiger partial charge in [-0.05, 0) is 23.8 Å². The first-order valence-electron chi connectivity index (χ1n) is 9.56. The smallest absolute Gasteiger partial charge is 0.387 e. The number of piperazine rings is 1. The van der Waals surface area contributed by atoms with E-state index >= 15 is 0 Å². The number of nitrogens with one attached hydrogen (secondary N) is 1. The topological polar surface area (TPSA) is 55.8 Å². The molecule has 0 unspecified atom stereocenters. The normalized spacial score (nSPS) is 17.0. The highest BCUT2D eigenvalue weighted by atomic mass is 35.5. The number of carbonyl (C=O) groups is 1. The van der Waals surface area contributed by atoms with Gasteiger partial charge in [0.15, 0.2) is 0 Å². The summed E-state index contributed by atoms with van der Waals surface area (Å²) in [5.41, 5.74) is -0.0607. The Balaban J connectivity index is 1.46. The Morgan fingerprint density at radius 1 is 1.07 bits per heavy atom. The average molecular weight is 442 g/mol. The van der Waals surface area contributed by atoms with Crippen LogP contribution in [0.25, 0.3) is 0 Å². The van der Waals surface area contributed by atoms with Crippen LogP contribution in [0.5, 0.6) is 0 Å². The van der Waals surface area contributed by atoms with E-state index < -0.39 is 22.9 Å². The van der Waals surface area contributed by atoms with Gasteiger partial charge >= 0.3 is 6.18 Å². The molecule has 1 atom stereocenters. The maximum Gasteiger partial charge on any atom is 0.417 e. The molecule has 1 fully saturated rings. The summed E-state index contributed by atoms with van der Waals surface area (Å²) in [6.07, 6.45) is -5.16. The summed E-state index contributed by atoms with van der Waals surface area (Å²) in [4.78, 5) is 16.3. The monoisotopic (exact) mass is 441 g/mol. The van der Waals surface area contributed by atoms with Gasteiger partial charge in [0.05, 0.1) is 23.2 Å². The zero-order valence-electron chi connectivity index (χ0n) is 16.2. The van der Waals surface area contributed by atoms with Crippen molar-refractivity contribution in [2.45, 2.75) is 12.3 Å². The van der Waals surface area contributed by atoms with E-state index in [0.717, 1.165) is 17.7 Å². The van der Waals surface area contributed by atoms with Gasteiger partial charge in [-0.2, -0.15) is 13.2 Å². The minimum absolute atomic E-state index is 0.0568. The molecule has 9 heteroatoms. The highest BCUT2D eigenvalue weighted by molar-refractivity contribution is 6.31. The molecule has 1 heterocycles. The lowest BCUT2D eigenvalue weighted by Gasteiger charge is -2.35. The van der Waals surface area contributed by atoms with Crippen LogP contribution in [0, 0.1) is 0 Å². The van der Waals surface area contributed by atoms with E-state index in [0.29, 0.717) is 32.7 Å². The third-order valence-electron chi connectivity index (χ3n) is 5.00. The molecule has 2 aromatic rings. The Labute approximate surface area is 178 Å². The number of aliphatic hydroxyl groups is 1. The van der Waals surface area contributed by atoms with Crippen LogP contribution in [-0.4, -0.2) is 60.1 Å². The van der Waals surface area contributed by atoms with Crippen molar-refractivity contribution in [2.24, 2.45) is 0 Å². The van der Waals surface area contributed by atoms with E-state index in [4.69, 9.17) is 11.6 Å². The summed E-state index contributed by atoms with van der Waals surface area (Å²) in [6.45, 7) is 3.23. The van der Waals surface area contributed by atoms with Crippen LogP contribution in [0.15, 0.2) is 48.5 Å². The highest BCUT2D eigenvalue weighted by Gasteiger charge is 2.33. The number of carbonyl (C=O) groups excluding carboxylic acids is 1. The minimum atomic E-state index is -4.58. The molecule has 0 bridgehead atoms. The Kier molecular flexibility index (Phi) is 7.36. The number of hydrogen-bond acceptors (Lipinski definition) is 4. The standard InChI is InChI=1S/C21H23ClF3N3O2/c22-18-7-6-16(12-17(18)21(23,24)25)26-20(30)14-28-10-8-27(9-11-28)13-19(29)15-4-2-1-3-5-15/h1-7,12,19,29H,8-11,13-14H2,(H,26,30)/t19-/m0/s1. The average Bonchev–Trinajstić information content (AvgIpc) is 2.70. The summed E-state index contributed by atoms with van der Waals surface area (Å²) >= 11 is 5.60. The number of benzene rings is 2. The van der Waals surface area contributed by atoms with Crippen molar-refractivity contribution in [1.82, 2.24) is 9.80 Å². The predicted octanol–water partition coefficient (Wildman–Crippen LogP) is 3.65. The lowest BCUT2D eigenvalue weighted by Crippen LogP contribution is -2.49. The molecule has 3 rings (SSSR count). The lowest BCUT2D eigenvalue weighted by atomic mass is 10.1. The highest BCUT2D eigenvalue weighted by Crippen LogP contribution is 2.36. The maximum absolute atomic E-state index is 12.9. The van der Waals surface area contributed by atoms with Crippen LogP contribution in [0.1, 0.15) is 17.2 Å². The van der Waals surface area contributed by atoms with Crippen LogP contribution in [0.4, 0.5) is 18.9 Å². The number of hydrogen-bond donors (Lipinski definition) is 2. The third kappa shape index (κ3) is 6.18. The number of aliphatic hydroxyl groups excluding tert-OH is 1. The van der Waals surface area contributed by atoms with Crippen LogP contribution in [0.2, 0.25) is 5.02 Å². The van der Waals surface area contributed by atoms with E-state index in [-0.39, 0.29) is 18.1 Å². The molecule has 5 nitrogen and oxygen atoms in total. The Bertz CT molecular complexity index is 856. The number of amides is 1. The minimum Gasteiger partial charge on any atom is -0.387 e. The summed E-state index contributed by atoms with van der Waals surface area (Å²) in [5, 5.41) is 12.4. The Morgan fingerprint density at radius 3 is 2.33 bits per heavy atom. The van der Waals surface area contributed by atoms with Gasteiger partial charge in [0, 0.05) is 38.4 Å². The van der Waals surface area contributed by atoms with Gasteiger partial charge in [-0.15, -0.1) is 0 Å². The molecule has 1 saturated heterocycles. The number of nitrogens with zero attached hydrogens (tertiary/aromatic N) is 2. The second-order valence-corrected chi connectivity index (χ2v) is 7.65. The molecular weight excluding hydrogens is 419 g/mol. The molecule has 1 aliphatic rings. The molecule has 2 N–H and O–H groups in total. The van der Waals surface area contributed by atoms with Gasteiger partial charge in [-0.3, -0.25) is 14.6 Å². The Morgan fingerprint density at radius 2 is 1.70 bits per heavy atom. The molecule has 1 amide bonds. The fraction of sp³-hybridized carbons (Fsp3) is 0.381. The maximum atomic E-state index is 12.9. The fourth-order valence-corrected chi connectivity index (χ4v) is 3.60. The largest absolute Gasteiger partial charge is 0.417 e. The van der Waals surface area contributed by atoms with Crippen molar-refractivity contribution in [3.63, 3.8) is 0 Å². The second-order valence-electron chi connectivity index (χ2n) is 7.24. The first-order valence-corrected chi connectivity index (χ1v) is 9.94.